The molecule has 0 radical (unpaired) electrons. The predicted molar refractivity (Wildman–Crippen MR) is 140 cm³/mol. The van der Waals surface area contributed by atoms with Crippen LogP contribution in [0, 0.1) is 24.4 Å². The van der Waals surface area contributed by atoms with Crippen LogP contribution in [0.4, 0.5) is 23.7 Å². The molecule has 2 aliphatic heterocycles. The summed E-state index contributed by atoms with van der Waals surface area (Å²) in [5.74, 6) is -5.20. The zero-order valence-corrected chi connectivity index (χ0v) is 22.4. The van der Waals surface area contributed by atoms with Gasteiger partial charge >= 0.3 is 6.09 Å². The van der Waals surface area contributed by atoms with E-state index in [2.05, 4.69) is 10.6 Å². The lowest BCUT2D eigenvalue weighted by Gasteiger charge is -2.29. The van der Waals surface area contributed by atoms with E-state index in [0.29, 0.717) is 34.5 Å². The molecule has 2 N–H and O–H groups in total. The van der Waals surface area contributed by atoms with Gasteiger partial charge in [0, 0.05) is 36.3 Å². The lowest BCUT2D eigenvalue weighted by molar-refractivity contribution is -0.136. The molecule has 2 heterocycles. The summed E-state index contributed by atoms with van der Waals surface area (Å²) in [6.07, 6.45) is -0.474. The predicted octanol–water partition coefficient (Wildman–Crippen LogP) is 4.72. The van der Waals surface area contributed by atoms with Crippen molar-refractivity contribution in [3.63, 3.8) is 0 Å². The number of fused-ring (bicyclic) bond motifs is 1. The molecular formula is C29H24F3N3O7. The Balaban J connectivity index is 1.23. The van der Waals surface area contributed by atoms with Gasteiger partial charge in [0.05, 0.1) is 12.7 Å². The van der Waals surface area contributed by atoms with Crippen LogP contribution in [0.1, 0.15) is 39.9 Å². The number of hydrogen-bond acceptors (Lipinski definition) is 7. The fourth-order valence-corrected chi connectivity index (χ4v) is 4.85. The largest absolute Gasteiger partial charge is 0.495 e. The Morgan fingerprint density at radius 3 is 2.52 bits per heavy atom. The van der Waals surface area contributed by atoms with Crippen molar-refractivity contribution in [2.24, 2.45) is 0 Å². The standard InChI is InChI=1S/C29H24F3N3O7/c1-14-9-17(42-23-11-19(31)18(30)10-20(23)32)5-6-21(14)33-29(39)41-13-16-4-3-15-12-35(28(38)25(15)26(16)40-2)22-7-8-24(36)34-27(22)37/h3-6,9-11,22H,7-8,12-13H2,1-2H3,(H,33,39)(H,34,36,37). The second-order valence-electron chi connectivity index (χ2n) is 9.67. The molecule has 1 fully saturated rings. The van der Waals surface area contributed by atoms with E-state index >= 15 is 0 Å². The van der Waals surface area contributed by atoms with Crippen molar-refractivity contribution in [1.29, 1.82) is 0 Å². The van der Waals surface area contributed by atoms with Crippen molar-refractivity contribution in [2.75, 3.05) is 12.4 Å². The van der Waals surface area contributed by atoms with E-state index in [-0.39, 0.29) is 49.0 Å². The van der Waals surface area contributed by atoms with E-state index in [1.807, 2.05) is 0 Å². The van der Waals surface area contributed by atoms with Gasteiger partial charge in [-0.2, -0.15) is 0 Å². The molecule has 4 amide bonds. The molecule has 0 bridgehead atoms. The first kappa shape index (κ1) is 28.5. The minimum absolute atomic E-state index is 0.121. The molecule has 10 nitrogen and oxygen atoms in total. The third-order valence-corrected chi connectivity index (χ3v) is 6.93. The molecule has 0 aromatic heterocycles. The summed E-state index contributed by atoms with van der Waals surface area (Å²) < 4.78 is 56.7. The van der Waals surface area contributed by atoms with E-state index in [1.54, 1.807) is 19.1 Å². The van der Waals surface area contributed by atoms with Crippen molar-refractivity contribution in [3.05, 3.63) is 82.2 Å². The first-order valence-electron chi connectivity index (χ1n) is 12.8. The van der Waals surface area contributed by atoms with Gasteiger partial charge in [-0.05, 0) is 42.7 Å². The number of methoxy groups -OCH3 is 1. The fraction of sp³-hybridized carbons (Fsp3) is 0.241. The molecule has 1 unspecified atom stereocenters. The lowest BCUT2D eigenvalue weighted by Crippen LogP contribution is -2.52. The van der Waals surface area contributed by atoms with Crippen molar-refractivity contribution in [2.45, 2.75) is 39.0 Å². The van der Waals surface area contributed by atoms with E-state index in [9.17, 15) is 32.3 Å². The number of carbonyl (C=O) groups excluding carboxylic acids is 4. The van der Waals surface area contributed by atoms with Crippen molar-refractivity contribution >= 4 is 29.5 Å². The lowest BCUT2D eigenvalue weighted by atomic mass is 10.0. The number of amides is 4. The number of halogens is 3. The number of rotatable bonds is 7. The van der Waals surface area contributed by atoms with Crippen LogP contribution in [0.15, 0.2) is 42.5 Å². The Morgan fingerprint density at radius 1 is 1.05 bits per heavy atom. The van der Waals surface area contributed by atoms with Crippen LogP contribution in [0.25, 0.3) is 0 Å². The van der Waals surface area contributed by atoms with Crippen LogP contribution in [0.5, 0.6) is 17.2 Å². The van der Waals surface area contributed by atoms with E-state index in [0.717, 1.165) is 0 Å². The normalized spacial score (nSPS) is 16.2. The van der Waals surface area contributed by atoms with Crippen LogP contribution in [0.3, 0.4) is 0 Å². The molecule has 3 aromatic carbocycles. The highest BCUT2D eigenvalue weighted by molar-refractivity contribution is 6.06. The Bertz CT molecular complexity index is 1630. The number of piperidine rings is 1. The van der Waals surface area contributed by atoms with Crippen LogP contribution in [0.2, 0.25) is 0 Å². The van der Waals surface area contributed by atoms with Gasteiger partial charge in [-0.3, -0.25) is 25.0 Å². The average Bonchev–Trinajstić information content (AvgIpc) is 3.27. The Labute approximate surface area is 237 Å². The summed E-state index contributed by atoms with van der Waals surface area (Å²) in [5, 5.41) is 4.82. The van der Waals surface area contributed by atoms with Gasteiger partial charge in [-0.25, -0.2) is 18.0 Å². The zero-order valence-electron chi connectivity index (χ0n) is 22.4. The van der Waals surface area contributed by atoms with Gasteiger partial charge in [-0.1, -0.05) is 12.1 Å². The maximum Gasteiger partial charge on any atom is 0.411 e. The summed E-state index contributed by atoms with van der Waals surface area (Å²) >= 11 is 0. The van der Waals surface area contributed by atoms with Crippen molar-refractivity contribution in [1.82, 2.24) is 10.2 Å². The molecule has 0 aliphatic carbocycles. The molecule has 1 saturated heterocycles. The number of imide groups is 1. The van der Waals surface area contributed by atoms with Gasteiger partial charge in [0.25, 0.3) is 5.91 Å². The number of ether oxygens (including phenoxy) is 3. The Morgan fingerprint density at radius 2 is 1.81 bits per heavy atom. The minimum Gasteiger partial charge on any atom is -0.495 e. The molecule has 13 heteroatoms. The highest BCUT2D eigenvalue weighted by Crippen LogP contribution is 2.36. The highest BCUT2D eigenvalue weighted by atomic mass is 19.2. The van der Waals surface area contributed by atoms with Crippen LogP contribution in [-0.2, 0) is 27.5 Å². The van der Waals surface area contributed by atoms with Gasteiger partial charge < -0.3 is 19.1 Å². The van der Waals surface area contributed by atoms with Crippen LogP contribution in [-0.4, -0.2) is 41.9 Å². The number of anilines is 1. The topological polar surface area (TPSA) is 123 Å². The molecule has 2 aliphatic rings. The number of benzene rings is 3. The van der Waals surface area contributed by atoms with Crippen LogP contribution < -0.4 is 20.1 Å². The summed E-state index contributed by atoms with van der Waals surface area (Å²) in [6.45, 7) is 1.55. The summed E-state index contributed by atoms with van der Waals surface area (Å²) in [7, 11) is 1.38. The smallest absolute Gasteiger partial charge is 0.411 e. The number of hydrogen-bond donors (Lipinski definition) is 2. The average molecular weight is 584 g/mol. The molecule has 3 aromatic rings. The zero-order chi connectivity index (χ0) is 30.1. The van der Waals surface area contributed by atoms with Gasteiger partial charge in [0.15, 0.2) is 23.2 Å². The first-order chi connectivity index (χ1) is 20.0. The van der Waals surface area contributed by atoms with Crippen molar-refractivity contribution < 1.29 is 46.6 Å². The van der Waals surface area contributed by atoms with Gasteiger partial charge in [-0.15, -0.1) is 0 Å². The van der Waals surface area contributed by atoms with Crippen molar-refractivity contribution in [3.8, 4) is 17.2 Å². The number of carbonyl (C=O) groups is 4. The molecular weight excluding hydrogens is 559 g/mol. The van der Waals surface area contributed by atoms with Gasteiger partial charge in [0.2, 0.25) is 11.8 Å². The molecule has 5 rings (SSSR count). The Hall–Kier alpha value is -5.07. The summed E-state index contributed by atoms with van der Waals surface area (Å²) in [6, 6.07) is 7.85. The molecule has 42 heavy (non-hydrogen) atoms. The van der Waals surface area contributed by atoms with E-state index in [1.165, 1.54) is 30.2 Å². The molecule has 0 spiro atoms. The Kier molecular flexibility index (Phi) is 7.74. The number of nitrogens with zero attached hydrogens (tertiary/aromatic N) is 1. The van der Waals surface area contributed by atoms with Crippen LogP contribution >= 0.6 is 0 Å². The molecule has 218 valence electrons. The number of aryl methyl sites for hydroxylation is 1. The first-order valence-corrected chi connectivity index (χ1v) is 12.8. The fourth-order valence-electron chi connectivity index (χ4n) is 4.85. The maximum atomic E-state index is 13.9. The van der Waals surface area contributed by atoms with E-state index in [4.69, 9.17) is 14.2 Å². The molecule has 0 saturated carbocycles. The second kappa shape index (κ2) is 11.4. The quantitative estimate of drug-likeness (QED) is 0.305. The van der Waals surface area contributed by atoms with E-state index < -0.39 is 47.2 Å². The summed E-state index contributed by atoms with van der Waals surface area (Å²) in [5.41, 5.74) is 2.15. The molecule has 1 atom stereocenters. The summed E-state index contributed by atoms with van der Waals surface area (Å²) in [4.78, 5) is 51.1. The third kappa shape index (κ3) is 5.57. The monoisotopic (exact) mass is 583 g/mol. The maximum absolute atomic E-state index is 13.9. The minimum atomic E-state index is -1.34. The SMILES string of the molecule is COc1c(COC(=O)Nc2ccc(Oc3cc(F)c(F)cc3F)cc2C)ccc2c1C(=O)N(C1CCC(=O)NC1=O)C2. The highest BCUT2D eigenvalue weighted by Gasteiger charge is 2.41. The van der Waals surface area contributed by atoms with Gasteiger partial charge in [0.1, 0.15) is 24.1 Å². The number of nitrogens with one attached hydrogen (secondary N) is 2. The third-order valence-electron chi connectivity index (χ3n) is 6.93. The second-order valence-corrected chi connectivity index (χ2v) is 9.67.